The normalized spacial score (nSPS) is 47.0. The Balaban J connectivity index is 2.10. The lowest BCUT2D eigenvalue weighted by molar-refractivity contribution is 0.597. The summed E-state index contributed by atoms with van der Waals surface area (Å²) in [5, 5.41) is 0. The predicted molar refractivity (Wildman–Crippen MR) is 72.6 cm³/mol. The van der Waals surface area contributed by atoms with Gasteiger partial charge in [0, 0.05) is 22.7 Å². The molecule has 2 saturated carbocycles. The lowest BCUT2D eigenvalue weighted by Gasteiger charge is -2.04. The second-order valence-corrected chi connectivity index (χ2v) is 8.58. The molecule has 0 heterocycles. The quantitative estimate of drug-likeness (QED) is 0.485. The number of alkyl halides is 4. The van der Waals surface area contributed by atoms with Gasteiger partial charge in [0.25, 0.3) is 0 Å². The molecule has 2 aliphatic rings. The fourth-order valence-electron chi connectivity index (χ4n) is 2.37. The molecule has 0 unspecified atom stereocenters. The Bertz CT molecular complexity index is 342. The van der Waals surface area contributed by atoms with Crippen LogP contribution in [0, 0.1) is 22.7 Å². The van der Waals surface area contributed by atoms with Crippen molar-refractivity contribution in [3.63, 3.8) is 0 Å². The van der Waals surface area contributed by atoms with Crippen LogP contribution in [0.1, 0.15) is 27.7 Å². The first-order valence-electron chi connectivity index (χ1n) is 5.44. The number of hydrogen-bond acceptors (Lipinski definition) is 0. The molecule has 92 valence electrons. The third kappa shape index (κ3) is 1.43. The fraction of sp³-hybridized carbons (Fsp3) is 0.833. The molecule has 0 aromatic heterocycles. The van der Waals surface area contributed by atoms with E-state index in [9.17, 15) is 0 Å². The van der Waals surface area contributed by atoms with E-state index in [1.54, 1.807) is 0 Å². The van der Waals surface area contributed by atoms with Crippen molar-refractivity contribution in [3.8, 4) is 0 Å². The zero-order valence-corrected chi connectivity index (χ0v) is 12.8. The highest BCUT2D eigenvalue weighted by Gasteiger charge is 2.71. The van der Waals surface area contributed by atoms with Crippen molar-refractivity contribution in [1.29, 1.82) is 0 Å². The molecule has 0 aromatic rings. The zero-order valence-electron chi connectivity index (χ0n) is 9.82. The minimum absolute atomic E-state index is 0.0671. The Morgan fingerprint density at radius 2 is 1.31 bits per heavy atom. The van der Waals surface area contributed by atoms with E-state index < -0.39 is 8.67 Å². The van der Waals surface area contributed by atoms with Crippen LogP contribution in [0.5, 0.6) is 0 Å². The van der Waals surface area contributed by atoms with E-state index in [4.69, 9.17) is 46.4 Å². The van der Waals surface area contributed by atoms with E-state index in [0.29, 0.717) is 0 Å². The molecule has 2 fully saturated rings. The Hall–Kier alpha value is 0.900. The molecular weight excluding hydrogens is 286 g/mol. The summed E-state index contributed by atoms with van der Waals surface area (Å²) in [6.45, 7) is 8.25. The number of allylic oxidation sites excluding steroid dienone is 2. The summed E-state index contributed by atoms with van der Waals surface area (Å²) in [4.78, 5) is 0. The second kappa shape index (κ2) is 3.26. The average molecular weight is 302 g/mol. The Labute approximate surface area is 117 Å². The monoisotopic (exact) mass is 300 g/mol. The van der Waals surface area contributed by atoms with Gasteiger partial charge in [-0.1, -0.05) is 39.8 Å². The van der Waals surface area contributed by atoms with Crippen LogP contribution < -0.4 is 0 Å². The molecular formula is C12H16Cl4. The average Bonchev–Trinajstić information content (AvgIpc) is 2.68. The molecule has 0 radical (unpaired) electrons. The van der Waals surface area contributed by atoms with Crippen LogP contribution in [-0.4, -0.2) is 8.67 Å². The van der Waals surface area contributed by atoms with Gasteiger partial charge in [0.05, 0.1) is 0 Å². The van der Waals surface area contributed by atoms with E-state index in [1.807, 2.05) is 0 Å². The van der Waals surface area contributed by atoms with Crippen molar-refractivity contribution in [2.45, 2.75) is 36.4 Å². The van der Waals surface area contributed by atoms with Crippen LogP contribution in [0.25, 0.3) is 0 Å². The number of halogens is 4. The maximum atomic E-state index is 6.20. The first kappa shape index (κ1) is 13.3. The van der Waals surface area contributed by atoms with Gasteiger partial charge in [0.15, 0.2) is 0 Å². The van der Waals surface area contributed by atoms with Gasteiger partial charge in [0.1, 0.15) is 8.67 Å². The summed E-state index contributed by atoms with van der Waals surface area (Å²) in [6, 6.07) is 0. The molecule has 2 aliphatic carbocycles. The van der Waals surface area contributed by atoms with E-state index in [1.165, 1.54) is 0 Å². The Kier molecular flexibility index (Phi) is 2.72. The Morgan fingerprint density at radius 1 is 0.938 bits per heavy atom. The van der Waals surface area contributed by atoms with Crippen molar-refractivity contribution in [1.82, 2.24) is 0 Å². The molecule has 2 rings (SSSR count). The van der Waals surface area contributed by atoms with Gasteiger partial charge in [0.2, 0.25) is 0 Å². The van der Waals surface area contributed by atoms with Gasteiger partial charge in [-0.2, -0.15) is 0 Å². The summed E-state index contributed by atoms with van der Waals surface area (Å²) in [5.74, 6) is 0.443. The SMILES string of the molecule is C[C@H]1C(Cl)(Cl)[C@]1(C)/C=C\[C@@H]1C(C)(C)C1(Cl)Cl. The van der Waals surface area contributed by atoms with E-state index in [0.717, 1.165) is 0 Å². The van der Waals surface area contributed by atoms with Crippen LogP contribution in [-0.2, 0) is 0 Å². The highest BCUT2D eigenvalue weighted by molar-refractivity contribution is 6.52. The minimum atomic E-state index is -0.653. The first-order chi connectivity index (χ1) is 6.99. The van der Waals surface area contributed by atoms with Gasteiger partial charge in [-0.05, 0) is 0 Å². The number of hydrogen-bond donors (Lipinski definition) is 0. The van der Waals surface area contributed by atoms with Gasteiger partial charge in [-0.25, -0.2) is 0 Å². The van der Waals surface area contributed by atoms with E-state index in [-0.39, 0.29) is 22.7 Å². The largest absolute Gasteiger partial charge is 0.130 e. The summed E-state index contributed by atoms with van der Waals surface area (Å²) >= 11 is 24.8. The fourth-order valence-corrected chi connectivity index (χ4v) is 3.98. The predicted octanol–water partition coefficient (Wildman–Crippen LogP) is 5.20. The van der Waals surface area contributed by atoms with Gasteiger partial charge in [-0.15, -0.1) is 46.4 Å². The van der Waals surface area contributed by atoms with Crippen LogP contribution >= 0.6 is 46.4 Å². The lowest BCUT2D eigenvalue weighted by atomic mass is 10.0. The van der Waals surface area contributed by atoms with Crippen LogP contribution in [0.4, 0.5) is 0 Å². The van der Waals surface area contributed by atoms with Crippen LogP contribution in [0.3, 0.4) is 0 Å². The van der Waals surface area contributed by atoms with Crippen LogP contribution in [0.2, 0.25) is 0 Å². The van der Waals surface area contributed by atoms with E-state index >= 15 is 0 Å². The smallest absolute Gasteiger partial charge is 0.100 e. The second-order valence-electron chi connectivity index (χ2n) is 5.81. The van der Waals surface area contributed by atoms with Crippen molar-refractivity contribution < 1.29 is 0 Å². The first-order valence-corrected chi connectivity index (χ1v) is 6.96. The summed E-state index contributed by atoms with van der Waals surface area (Å²) in [7, 11) is 0. The summed E-state index contributed by atoms with van der Waals surface area (Å²) in [6.07, 6.45) is 4.15. The van der Waals surface area contributed by atoms with Gasteiger partial charge >= 0.3 is 0 Å². The molecule has 0 spiro atoms. The topological polar surface area (TPSA) is 0 Å². The Morgan fingerprint density at radius 3 is 1.56 bits per heavy atom. The van der Waals surface area contributed by atoms with Crippen molar-refractivity contribution in [2.24, 2.45) is 22.7 Å². The van der Waals surface area contributed by atoms with E-state index in [2.05, 4.69) is 39.8 Å². The standard InChI is InChI=1S/C12H16Cl4/c1-7-10(4,11(7,13)14)6-5-8-9(2,3)12(8,15)16/h5-8H,1-4H3/b6-5-/t7-,8-,10-/m1/s1. The van der Waals surface area contributed by atoms with Crippen LogP contribution in [0.15, 0.2) is 12.2 Å². The van der Waals surface area contributed by atoms with Crippen molar-refractivity contribution in [3.05, 3.63) is 12.2 Å². The minimum Gasteiger partial charge on any atom is -0.100 e. The third-order valence-corrected chi connectivity index (χ3v) is 7.57. The maximum Gasteiger partial charge on any atom is 0.130 e. The highest BCUT2D eigenvalue weighted by atomic mass is 35.5. The molecule has 0 amide bonds. The zero-order chi connectivity index (χ0) is 12.6. The molecule has 0 nitrogen and oxygen atoms in total. The molecule has 0 saturated heterocycles. The highest BCUT2D eigenvalue weighted by Crippen LogP contribution is 2.72. The molecule has 0 N–H and O–H groups in total. The molecule has 16 heavy (non-hydrogen) atoms. The number of rotatable bonds is 2. The summed E-state index contributed by atoms with van der Waals surface area (Å²) in [5.41, 5.74) is -0.221. The molecule has 0 bridgehead atoms. The summed E-state index contributed by atoms with van der Waals surface area (Å²) < 4.78 is -1.30. The lowest BCUT2D eigenvalue weighted by Crippen LogP contribution is -2.00. The molecule has 3 atom stereocenters. The van der Waals surface area contributed by atoms with Crippen molar-refractivity contribution >= 4 is 46.4 Å². The molecule has 0 aromatic carbocycles. The van der Waals surface area contributed by atoms with Gasteiger partial charge < -0.3 is 0 Å². The molecule has 0 aliphatic heterocycles. The molecule has 4 heteroatoms. The third-order valence-electron chi connectivity index (χ3n) is 4.66. The van der Waals surface area contributed by atoms with Gasteiger partial charge in [-0.3, -0.25) is 0 Å². The van der Waals surface area contributed by atoms with Crippen molar-refractivity contribution in [2.75, 3.05) is 0 Å². The maximum absolute atomic E-state index is 6.20.